The fourth-order valence-electron chi connectivity index (χ4n) is 3.02. The largest absolute Gasteiger partial charge is 0.493 e. The third-order valence-corrected chi connectivity index (χ3v) is 4.46. The Bertz CT molecular complexity index is 667. The van der Waals surface area contributed by atoms with E-state index in [1.54, 1.807) is 33.5 Å². The van der Waals surface area contributed by atoms with E-state index >= 15 is 0 Å². The molecule has 1 atom stereocenters. The van der Waals surface area contributed by atoms with Crippen molar-refractivity contribution in [2.75, 3.05) is 41.0 Å². The monoisotopic (exact) mass is 375 g/mol. The molecule has 6 nitrogen and oxygen atoms in total. The van der Waals surface area contributed by atoms with Gasteiger partial charge in [-0.3, -0.25) is 4.90 Å². The van der Waals surface area contributed by atoms with Crippen LogP contribution in [0.15, 0.2) is 42.5 Å². The molecule has 6 heteroatoms. The van der Waals surface area contributed by atoms with Crippen LogP contribution >= 0.6 is 0 Å². The molecule has 0 aliphatic heterocycles. The van der Waals surface area contributed by atoms with Crippen LogP contribution in [0.25, 0.3) is 0 Å². The predicted octanol–water partition coefficient (Wildman–Crippen LogP) is 2.63. The van der Waals surface area contributed by atoms with Gasteiger partial charge >= 0.3 is 0 Å². The number of rotatable bonds is 11. The Kier molecular flexibility index (Phi) is 8.39. The average molecular weight is 375 g/mol. The predicted molar refractivity (Wildman–Crippen MR) is 104 cm³/mol. The summed E-state index contributed by atoms with van der Waals surface area (Å²) in [4.78, 5) is 2.12. The van der Waals surface area contributed by atoms with Gasteiger partial charge in [0.25, 0.3) is 0 Å². The average Bonchev–Trinajstić information content (AvgIpc) is 2.71. The molecule has 2 rings (SSSR count). The van der Waals surface area contributed by atoms with Crippen LogP contribution in [0, 0.1) is 0 Å². The van der Waals surface area contributed by atoms with Crippen molar-refractivity contribution in [3.05, 3.63) is 53.6 Å². The maximum absolute atomic E-state index is 10.7. The van der Waals surface area contributed by atoms with Crippen LogP contribution in [0.3, 0.4) is 0 Å². The minimum absolute atomic E-state index is 0.0765. The summed E-state index contributed by atoms with van der Waals surface area (Å²) in [5.41, 5.74) is 1.88. The van der Waals surface area contributed by atoms with Crippen LogP contribution in [0.1, 0.15) is 23.7 Å². The van der Waals surface area contributed by atoms with Crippen molar-refractivity contribution >= 4 is 0 Å². The minimum Gasteiger partial charge on any atom is -0.493 e. The topological polar surface area (TPSA) is 71.4 Å². The third kappa shape index (κ3) is 5.85. The van der Waals surface area contributed by atoms with Gasteiger partial charge in [0.05, 0.1) is 34.0 Å². The van der Waals surface area contributed by atoms with E-state index in [4.69, 9.17) is 14.2 Å². The van der Waals surface area contributed by atoms with E-state index in [1.165, 1.54) is 5.56 Å². The molecule has 0 bridgehead atoms. The Hall–Kier alpha value is -2.28. The molecule has 0 radical (unpaired) electrons. The SMILES string of the molecule is COc1cc(C(O)CCN(CCO)Cc2ccccc2)cc(OC)c1OC. The zero-order valence-electron chi connectivity index (χ0n) is 16.2. The second-order valence-corrected chi connectivity index (χ2v) is 6.25. The molecule has 2 N–H and O–H groups in total. The van der Waals surface area contributed by atoms with Crippen LogP contribution in [0.2, 0.25) is 0 Å². The Labute approximate surface area is 160 Å². The third-order valence-electron chi connectivity index (χ3n) is 4.46. The zero-order chi connectivity index (χ0) is 19.6. The van der Waals surface area contributed by atoms with E-state index in [0.29, 0.717) is 42.3 Å². The molecule has 0 heterocycles. The molecule has 0 aliphatic rings. The first-order chi connectivity index (χ1) is 13.1. The fraction of sp³-hybridized carbons (Fsp3) is 0.429. The van der Waals surface area contributed by atoms with Gasteiger partial charge in [-0.05, 0) is 29.7 Å². The molecule has 0 saturated heterocycles. The van der Waals surface area contributed by atoms with E-state index in [1.807, 2.05) is 18.2 Å². The summed E-state index contributed by atoms with van der Waals surface area (Å²) in [5.74, 6) is 1.53. The Morgan fingerprint density at radius 1 is 0.926 bits per heavy atom. The quantitative estimate of drug-likeness (QED) is 0.629. The number of ether oxygens (including phenoxy) is 3. The molecular weight excluding hydrogens is 346 g/mol. The fourth-order valence-corrected chi connectivity index (χ4v) is 3.02. The first-order valence-corrected chi connectivity index (χ1v) is 8.98. The number of hydrogen-bond donors (Lipinski definition) is 2. The van der Waals surface area contributed by atoms with Gasteiger partial charge in [0.15, 0.2) is 11.5 Å². The molecule has 1 unspecified atom stereocenters. The molecule has 0 spiro atoms. The second-order valence-electron chi connectivity index (χ2n) is 6.25. The summed E-state index contributed by atoms with van der Waals surface area (Å²) >= 11 is 0. The Morgan fingerprint density at radius 3 is 2.07 bits per heavy atom. The summed E-state index contributed by atoms with van der Waals surface area (Å²) < 4.78 is 16.0. The molecular formula is C21H29NO5. The maximum Gasteiger partial charge on any atom is 0.203 e. The van der Waals surface area contributed by atoms with Gasteiger partial charge in [0.1, 0.15) is 0 Å². The molecule has 27 heavy (non-hydrogen) atoms. The summed E-state index contributed by atoms with van der Waals surface area (Å²) in [5, 5.41) is 20.0. The van der Waals surface area contributed by atoms with Gasteiger partial charge in [-0.1, -0.05) is 30.3 Å². The first-order valence-electron chi connectivity index (χ1n) is 8.98. The summed E-state index contributed by atoms with van der Waals surface area (Å²) in [7, 11) is 4.65. The highest BCUT2D eigenvalue weighted by Gasteiger charge is 2.18. The highest BCUT2D eigenvalue weighted by atomic mass is 16.5. The Balaban J connectivity index is 2.07. The molecule has 0 saturated carbocycles. The molecule has 2 aromatic rings. The normalized spacial score (nSPS) is 12.1. The second kappa shape index (κ2) is 10.8. The lowest BCUT2D eigenvalue weighted by molar-refractivity contribution is 0.127. The molecule has 0 fully saturated rings. The van der Waals surface area contributed by atoms with Gasteiger partial charge in [-0.25, -0.2) is 0 Å². The van der Waals surface area contributed by atoms with Crippen molar-refractivity contribution in [3.8, 4) is 17.2 Å². The smallest absolute Gasteiger partial charge is 0.203 e. The van der Waals surface area contributed by atoms with Gasteiger partial charge in [0.2, 0.25) is 5.75 Å². The standard InChI is InChI=1S/C21H29NO5/c1-25-19-13-17(14-20(26-2)21(19)27-3)18(24)9-10-22(11-12-23)15-16-7-5-4-6-8-16/h4-8,13-14,18,23-24H,9-12,15H2,1-3H3. The number of nitrogens with zero attached hydrogens (tertiary/aromatic N) is 1. The summed E-state index contributed by atoms with van der Waals surface area (Å²) in [6, 6.07) is 13.6. The van der Waals surface area contributed by atoms with Crippen molar-refractivity contribution in [2.24, 2.45) is 0 Å². The van der Waals surface area contributed by atoms with Crippen molar-refractivity contribution in [1.29, 1.82) is 0 Å². The lowest BCUT2D eigenvalue weighted by Gasteiger charge is -2.23. The van der Waals surface area contributed by atoms with E-state index in [9.17, 15) is 10.2 Å². The molecule has 148 valence electrons. The molecule has 0 aliphatic carbocycles. The van der Waals surface area contributed by atoms with Crippen LogP contribution in [-0.2, 0) is 6.54 Å². The summed E-state index contributed by atoms with van der Waals surface area (Å²) in [6.45, 7) is 2.00. The molecule has 0 aromatic heterocycles. The lowest BCUT2D eigenvalue weighted by Crippen LogP contribution is -2.28. The van der Waals surface area contributed by atoms with Gasteiger partial charge in [0, 0.05) is 19.6 Å². The first kappa shape index (κ1) is 21.0. The highest BCUT2D eigenvalue weighted by molar-refractivity contribution is 5.54. The van der Waals surface area contributed by atoms with E-state index in [2.05, 4.69) is 17.0 Å². The van der Waals surface area contributed by atoms with E-state index in [-0.39, 0.29) is 6.61 Å². The van der Waals surface area contributed by atoms with Crippen molar-refractivity contribution in [3.63, 3.8) is 0 Å². The van der Waals surface area contributed by atoms with Crippen molar-refractivity contribution < 1.29 is 24.4 Å². The highest BCUT2D eigenvalue weighted by Crippen LogP contribution is 2.40. The summed E-state index contributed by atoms with van der Waals surface area (Å²) in [6.07, 6.45) is -0.165. The number of methoxy groups -OCH3 is 3. The maximum atomic E-state index is 10.7. The molecule has 0 amide bonds. The van der Waals surface area contributed by atoms with Gasteiger partial charge in [-0.2, -0.15) is 0 Å². The molecule has 2 aromatic carbocycles. The van der Waals surface area contributed by atoms with Crippen LogP contribution in [0.4, 0.5) is 0 Å². The number of aliphatic hydroxyl groups excluding tert-OH is 2. The number of benzene rings is 2. The number of hydrogen-bond acceptors (Lipinski definition) is 6. The number of aliphatic hydroxyl groups is 2. The van der Waals surface area contributed by atoms with Crippen molar-refractivity contribution in [2.45, 2.75) is 19.1 Å². The van der Waals surface area contributed by atoms with Gasteiger partial charge < -0.3 is 24.4 Å². The zero-order valence-corrected chi connectivity index (χ0v) is 16.2. The van der Waals surface area contributed by atoms with Crippen LogP contribution < -0.4 is 14.2 Å². The van der Waals surface area contributed by atoms with Crippen LogP contribution in [0.5, 0.6) is 17.2 Å². The van der Waals surface area contributed by atoms with E-state index in [0.717, 1.165) is 6.54 Å². The van der Waals surface area contributed by atoms with Gasteiger partial charge in [-0.15, -0.1) is 0 Å². The van der Waals surface area contributed by atoms with Crippen molar-refractivity contribution in [1.82, 2.24) is 4.90 Å². The van der Waals surface area contributed by atoms with Crippen LogP contribution in [-0.4, -0.2) is 56.1 Å². The lowest BCUT2D eigenvalue weighted by atomic mass is 10.0. The minimum atomic E-state index is -0.685. The Morgan fingerprint density at radius 2 is 1.56 bits per heavy atom. The van der Waals surface area contributed by atoms with E-state index < -0.39 is 6.10 Å².